The predicted molar refractivity (Wildman–Crippen MR) is 74.7 cm³/mol. The van der Waals surface area contributed by atoms with E-state index in [9.17, 15) is 4.79 Å². The summed E-state index contributed by atoms with van der Waals surface area (Å²) in [5.74, 6) is 0.0145. The average molecular weight is 257 g/mol. The standard InChI is InChI=1S/C15H19N3O/c16-12-13-5-4-6-14(11-13)17-15(19)7-10-18-8-2-1-3-9-18/h4-6,11H,1-3,7-10H2,(H,17,19). The van der Waals surface area contributed by atoms with Crippen molar-refractivity contribution in [3.8, 4) is 6.07 Å². The van der Waals surface area contributed by atoms with Gasteiger partial charge in [0.15, 0.2) is 0 Å². The minimum absolute atomic E-state index is 0.0145. The summed E-state index contributed by atoms with van der Waals surface area (Å²) in [7, 11) is 0. The number of amides is 1. The Kier molecular flexibility index (Phi) is 4.93. The van der Waals surface area contributed by atoms with Crippen LogP contribution in [0.1, 0.15) is 31.2 Å². The Morgan fingerprint density at radius 3 is 2.84 bits per heavy atom. The molecule has 1 saturated heterocycles. The molecule has 1 aromatic rings. The van der Waals surface area contributed by atoms with E-state index in [4.69, 9.17) is 5.26 Å². The number of hydrogen-bond donors (Lipinski definition) is 1. The van der Waals surface area contributed by atoms with E-state index in [-0.39, 0.29) is 5.91 Å². The zero-order valence-corrected chi connectivity index (χ0v) is 11.1. The van der Waals surface area contributed by atoms with Gasteiger partial charge in [-0.1, -0.05) is 12.5 Å². The maximum atomic E-state index is 11.8. The second-order valence-corrected chi connectivity index (χ2v) is 4.89. The highest BCUT2D eigenvalue weighted by molar-refractivity contribution is 5.90. The maximum Gasteiger partial charge on any atom is 0.225 e. The molecule has 0 spiro atoms. The van der Waals surface area contributed by atoms with Crippen molar-refractivity contribution in [3.05, 3.63) is 29.8 Å². The highest BCUT2D eigenvalue weighted by Gasteiger charge is 2.11. The molecule has 1 aromatic carbocycles. The summed E-state index contributed by atoms with van der Waals surface area (Å²) in [6.07, 6.45) is 4.30. The molecule has 0 radical (unpaired) electrons. The van der Waals surface area contributed by atoms with Gasteiger partial charge < -0.3 is 10.2 Å². The molecule has 1 fully saturated rings. The lowest BCUT2D eigenvalue weighted by molar-refractivity contribution is -0.116. The van der Waals surface area contributed by atoms with Gasteiger partial charge in [-0.25, -0.2) is 0 Å². The molecule has 1 heterocycles. The van der Waals surface area contributed by atoms with Gasteiger partial charge in [0, 0.05) is 18.7 Å². The lowest BCUT2D eigenvalue weighted by atomic mass is 10.1. The van der Waals surface area contributed by atoms with Crippen LogP contribution in [-0.4, -0.2) is 30.4 Å². The van der Waals surface area contributed by atoms with Crippen molar-refractivity contribution in [3.63, 3.8) is 0 Å². The summed E-state index contributed by atoms with van der Waals surface area (Å²) in [5, 5.41) is 11.6. The zero-order chi connectivity index (χ0) is 13.5. The van der Waals surface area contributed by atoms with Crippen LogP contribution in [0.15, 0.2) is 24.3 Å². The lowest BCUT2D eigenvalue weighted by Crippen LogP contribution is -2.32. The minimum atomic E-state index is 0.0145. The number of likely N-dealkylation sites (tertiary alicyclic amines) is 1. The van der Waals surface area contributed by atoms with E-state index >= 15 is 0 Å². The molecule has 2 rings (SSSR count). The molecule has 1 N–H and O–H groups in total. The highest BCUT2D eigenvalue weighted by Crippen LogP contribution is 2.11. The molecule has 0 atom stereocenters. The second-order valence-electron chi connectivity index (χ2n) is 4.89. The van der Waals surface area contributed by atoms with Gasteiger partial charge in [0.25, 0.3) is 0 Å². The van der Waals surface area contributed by atoms with Crippen molar-refractivity contribution >= 4 is 11.6 Å². The van der Waals surface area contributed by atoms with Gasteiger partial charge in [0.05, 0.1) is 11.6 Å². The van der Waals surface area contributed by atoms with Crippen molar-refractivity contribution in [2.75, 3.05) is 25.0 Å². The Morgan fingerprint density at radius 1 is 1.32 bits per heavy atom. The first-order valence-corrected chi connectivity index (χ1v) is 6.80. The first-order valence-electron chi connectivity index (χ1n) is 6.80. The van der Waals surface area contributed by atoms with Gasteiger partial charge in [0.1, 0.15) is 0 Å². The molecule has 0 aromatic heterocycles. The summed E-state index contributed by atoms with van der Waals surface area (Å²) < 4.78 is 0. The molecule has 1 amide bonds. The molecule has 100 valence electrons. The average Bonchev–Trinajstić information content (AvgIpc) is 2.46. The van der Waals surface area contributed by atoms with Crippen molar-refractivity contribution in [1.82, 2.24) is 4.90 Å². The van der Waals surface area contributed by atoms with Gasteiger partial charge >= 0.3 is 0 Å². The maximum absolute atomic E-state index is 11.8. The smallest absolute Gasteiger partial charge is 0.225 e. The van der Waals surface area contributed by atoms with Gasteiger partial charge in [-0.2, -0.15) is 5.26 Å². The predicted octanol–water partition coefficient (Wildman–Crippen LogP) is 2.37. The SMILES string of the molecule is N#Cc1cccc(NC(=O)CCN2CCCCC2)c1. The van der Waals surface area contributed by atoms with E-state index in [1.54, 1.807) is 24.3 Å². The van der Waals surface area contributed by atoms with E-state index in [2.05, 4.69) is 16.3 Å². The fraction of sp³-hybridized carbons (Fsp3) is 0.467. The van der Waals surface area contributed by atoms with E-state index in [0.29, 0.717) is 17.7 Å². The van der Waals surface area contributed by atoms with Crippen molar-refractivity contribution in [2.45, 2.75) is 25.7 Å². The summed E-state index contributed by atoms with van der Waals surface area (Å²) in [4.78, 5) is 14.2. The third-order valence-corrected chi connectivity index (χ3v) is 3.38. The number of piperidine rings is 1. The normalized spacial score (nSPS) is 15.7. The van der Waals surface area contributed by atoms with E-state index in [0.717, 1.165) is 19.6 Å². The Hall–Kier alpha value is -1.86. The monoisotopic (exact) mass is 257 g/mol. The number of rotatable bonds is 4. The number of nitrogens with zero attached hydrogens (tertiary/aromatic N) is 2. The topological polar surface area (TPSA) is 56.1 Å². The van der Waals surface area contributed by atoms with Crippen molar-refractivity contribution < 1.29 is 4.79 Å². The fourth-order valence-corrected chi connectivity index (χ4v) is 2.33. The van der Waals surface area contributed by atoms with Crippen LogP contribution in [-0.2, 0) is 4.79 Å². The van der Waals surface area contributed by atoms with Gasteiger partial charge in [-0.05, 0) is 44.1 Å². The molecule has 4 nitrogen and oxygen atoms in total. The van der Waals surface area contributed by atoms with Gasteiger partial charge in [-0.15, -0.1) is 0 Å². The molecule has 4 heteroatoms. The number of benzene rings is 1. The Balaban J connectivity index is 1.78. The molecule has 19 heavy (non-hydrogen) atoms. The van der Waals surface area contributed by atoms with Crippen LogP contribution >= 0.6 is 0 Å². The summed E-state index contributed by atoms with van der Waals surface area (Å²) in [5.41, 5.74) is 1.26. The quantitative estimate of drug-likeness (QED) is 0.901. The minimum Gasteiger partial charge on any atom is -0.326 e. The summed E-state index contributed by atoms with van der Waals surface area (Å²) >= 11 is 0. The largest absolute Gasteiger partial charge is 0.326 e. The number of carbonyl (C=O) groups is 1. The van der Waals surface area contributed by atoms with Crippen LogP contribution in [0.25, 0.3) is 0 Å². The molecule has 0 bridgehead atoms. The van der Waals surface area contributed by atoms with Crippen LogP contribution in [0.4, 0.5) is 5.69 Å². The lowest BCUT2D eigenvalue weighted by Gasteiger charge is -2.25. The van der Waals surface area contributed by atoms with Crippen molar-refractivity contribution in [2.24, 2.45) is 0 Å². The van der Waals surface area contributed by atoms with E-state index in [1.807, 2.05) is 0 Å². The summed E-state index contributed by atoms with van der Waals surface area (Å²) in [6.45, 7) is 3.04. The third kappa shape index (κ3) is 4.38. The first-order chi connectivity index (χ1) is 9.28. The third-order valence-electron chi connectivity index (χ3n) is 3.38. The molecule has 0 saturated carbocycles. The number of hydrogen-bond acceptors (Lipinski definition) is 3. The molecular weight excluding hydrogens is 238 g/mol. The molecule has 0 aliphatic carbocycles. The molecule has 0 unspecified atom stereocenters. The van der Waals surface area contributed by atoms with E-state index < -0.39 is 0 Å². The van der Waals surface area contributed by atoms with Crippen LogP contribution in [0.5, 0.6) is 0 Å². The first kappa shape index (κ1) is 13.6. The Morgan fingerprint density at radius 2 is 2.11 bits per heavy atom. The van der Waals surface area contributed by atoms with Crippen LogP contribution < -0.4 is 5.32 Å². The number of nitrogens with one attached hydrogen (secondary N) is 1. The van der Waals surface area contributed by atoms with Crippen LogP contribution in [0.2, 0.25) is 0 Å². The van der Waals surface area contributed by atoms with Crippen LogP contribution in [0, 0.1) is 11.3 Å². The fourth-order valence-electron chi connectivity index (χ4n) is 2.33. The number of nitriles is 1. The Labute approximate surface area is 114 Å². The van der Waals surface area contributed by atoms with E-state index in [1.165, 1.54) is 19.3 Å². The van der Waals surface area contributed by atoms with Crippen LogP contribution in [0.3, 0.4) is 0 Å². The Bertz CT molecular complexity index is 473. The molecular formula is C15H19N3O. The van der Waals surface area contributed by atoms with Gasteiger partial charge in [-0.3, -0.25) is 4.79 Å². The molecule has 1 aliphatic heterocycles. The number of carbonyl (C=O) groups excluding carboxylic acids is 1. The van der Waals surface area contributed by atoms with Gasteiger partial charge in [0.2, 0.25) is 5.91 Å². The zero-order valence-electron chi connectivity index (χ0n) is 11.1. The summed E-state index contributed by atoms with van der Waals surface area (Å²) in [6, 6.07) is 9.07. The van der Waals surface area contributed by atoms with Crippen molar-refractivity contribution in [1.29, 1.82) is 5.26 Å². The second kappa shape index (κ2) is 6.91. The molecule has 1 aliphatic rings. The highest BCUT2D eigenvalue weighted by atomic mass is 16.1. The number of anilines is 1.